The van der Waals surface area contributed by atoms with Gasteiger partial charge in [0.05, 0.1) is 9.75 Å². The molecule has 0 unspecified atom stereocenters. The predicted octanol–water partition coefficient (Wildman–Crippen LogP) is 13.0. The summed E-state index contributed by atoms with van der Waals surface area (Å²) in [4.78, 5) is 1.85. The maximum absolute atomic E-state index is 10.5. The third-order valence-electron chi connectivity index (χ3n) is 7.77. The molecule has 0 aliphatic heterocycles. The quantitative estimate of drug-likeness (QED) is 0.106. The van der Waals surface area contributed by atoms with Crippen molar-refractivity contribution in [2.24, 2.45) is 17.6 Å². The molecular formula is C47H52NO2S2Zr. The van der Waals surface area contributed by atoms with E-state index in [4.69, 9.17) is 12.3 Å². The van der Waals surface area contributed by atoms with E-state index >= 15 is 0 Å². The topological polar surface area (TPSA) is 66.5 Å². The van der Waals surface area contributed by atoms with Gasteiger partial charge in [-0.1, -0.05) is 88.4 Å². The van der Waals surface area contributed by atoms with Gasteiger partial charge in [0.2, 0.25) is 0 Å². The molecule has 0 fully saturated rings. The van der Waals surface area contributed by atoms with Gasteiger partial charge in [0.25, 0.3) is 0 Å². The molecule has 4 N–H and O–H groups in total. The summed E-state index contributed by atoms with van der Waals surface area (Å²) in [5.41, 5.74) is 15.0. The Balaban J connectivity index is 0.000000269. The molecule has 0 atom stereocenters. The van der Waals surface area contributed by atoms with E-state index in [0.29, 0.717) is 29.0 Å². The zero-order valence-corrected chi connectivity index (χ0v) is 35.6. The van der Waals surface area contributed by atoms with E-state index < -0.39 is 0 Å². The first kappa shape index (κ1) is 44.9. The summed E-state index contributed by atoms with van der Waals surface area (Å²) >= 11 is 3.18. The van der Waals surface area contributed by atoms with Gasteiger partial charge in [0.1, 0.15) is 11.5 Å². The first-order valence-corrected chi connectivity index (χ1v) is 19.2. The predicted molar refractivity (Wildman–Crippen MR) is 227 cm³/mol. The molecule has 0 amide bonds. The fourth-order valence-corrected chi connectivity index (χ4v) is 7.32. The molecule has 273 valence electrons. The molecule has 3 nitrogen and oxygen atoms in total. The Kier molecular flexibility index (Phi) is 19.9. The van der Waals surface area contributed by atoms with Crippen molar-refractivity contribution in [3.05, 3.63) is 186 Å². The van der Waals surface area contributed by atoms with Crippen LogP contribution in [0.4, 0.5) is 0 Å². The van der Waals surface area contributed by atoms with Crippen LogP contribution in [0.5, 0.6) is 11.5 Å². The van der Waals surface area contributed by atoms with Crippen LogP contribution in [-0.2, 0) is 39.0 Å². The minimum atomic E-state index is 0. The van der Waals surface area contributed by atoms with Gasteiger partial charge >= 0.3 is 26.2 Å². The molecule has 0 spiro atoms. The van der Waals surface area contributed by atoms with Gasteiger partial charge < -0.3 is 15.9 Å². The molecule has 6 aromatic rings. The smallest absolute Gasteiger partial charge is 0.506 e. The van der Waals surface area contributed by atoms with Gasteiger partial charge in [-0.3, -0.25) is 6.58 Å². The Morgan fingerprint density at radius 2 is 1.06 bits per heavy atom. The molecule has 2 heterocycles. The summed E-state index contributed by atoms with van der Waals surface area (Å²) in [5.74, 6) is 1.91. The Morgan fingerprint density at radius 1 is 0.660 bits per heavy atom. The fourth-order valence-electron chi connectivity index (χ4n) is 5.24. The van der Waals surface area contributed by atoms with Gasteiger partial charge in [-0.25, -0.2) is 6.08 Å². The van der Waals surface area contributed by atoms with Gasteiger partial charge in [0.15, 0.2) is 0 Å². The van der Waals surface area contributed by atoms with Gasteiger partial charge in [0, 0.05) is 16.7 Å². The van der Waals surface area contributed by atoms with Crippen molar-refractivity contribution in [3.63, 3.8) is 0 Å². The fraction of sp³-hybridized carbons (Fsp3) is 0.191. The molecule has 1 radical (unpaired) electrons. The number of hydrogen-bond donors (Lipinski definition) is 3. The van der Waals surface area contributed by atoms with Gasteiger partial charge in [-0.15, -0.1) is 46.9 Å². The summed E-state index contributed by atoms with van der Waals surface area (Å²) in [6, 6.07) is 35.7. The van der Waals surface area contributed by atoms with Crippen molar-refractivity contribution in [3.8, 4) is 32.4 Å². The second-order valence-corrected chi connectivity index (χ2v) is 15.0. The van der Waals surface area contributed by atoms with Crippen LogP contribution >= 0.6 is 22.7 Å². The van der Waals surface area contributed by atoms with Crippen LogP contribution in [0.25, 0.3) is 26.6 Å². The van der Waals surface area contributed by atoms with Crippen LogP contribution in [0.15, 0.2) is 132 Å². The molecule has 0 saturated carbocycles. The van der Waals surface area contributed by atoms with Crippen LogP contribution in [0, 0.1) is 39.2 Å². The summed E-state index contributed by atoms with van der Waals surface area (Å²) in [6.45, 7) is 23.6. The number of thiophene rings is 2. The van der Waals surface area contributed by atoms with E-state index in [0.717, 1.165) is 61.5 Å². The van der Waals surface area contributed by atoms with Crippen molar-refractivity contribution < 1.29 is 36.4 Å². The summed E-state index contributed by atoms with van der Waals surface area (Å²) < 4.78 is 0. The second-order valence-electron chi connectivity index (χ2n) is 13.2. The third kappa shape index (κ3) is 14.6. The Labute approximate surface area is 345 Å². The second kappa shape index (κ2) is 23.4. The first-order valence-electron chi connectivity index (χ1n) is 17.4. The van der Waals surface area contributed by atoms with Crippen LogP contribution in [-0.4, -0.2) is 10.2 Å². The Hall–Kier alpha value is -4.22. The maximum Gasteiger partial charge on any atom is 3.00 e. The van der Waals surface area contributed by atoms with Crippen molar-refractivity contribution >= 4 is 28.4 Å². The number of aryl methyl sites for hydroxylation is 1. The van der Waals surface area contributed by atoms with Crippen molar-refractivity contribution in [1.82, 2.24) is 0 Å². The van der Waals surface area contributed by atoms with E-state index in [9.17, 15) is 10.2 Å². The van der Waals surface area contributed by atoms with E-state index in [-0.39, 0.29) is 26.2 Å². The van der Waals surface area contributed by atoms with Gasteiger partial charge in [-0.2, -0.15) is 55.3 Å². The van der Waals surface area contributed by atoms with Crippen LogP contribution < -0.4 is 5.73 Å². The monoisotopic (exact) mass is 816 g/mol. The molecule has 2 aromatic heterocycles. The van der Waals surface area contributed by atoms with Crippen molar-refractivity contribution in [2.75, 3.05) is 0 Å². The SMILES string of the molecule is Cc1ccccc1-c1scc(CC(C)C)c1O.[CH-]=C/C=C(\N)c1ccccc1-c1scc(CC(C)C)c1O.[CH2-]c1ccccc1.[CH2-]c1ccccc1.[Zr+3]. The minimum absolute atomic E-state index is 0. The number of benzene rings is 4. The Morgan fingerprint density at radius 3 is 1.45 bits per heavy atom. The molecule has 0 bridgehead atoms. The van der Waals surface area contributed by atoms with E-state index in [1.54, 1.807) is 28.7 Å². The van der Waals surface area contributed by atoms with E-state index in [1.807, 2.05) is 102 Å². The Bertz CT molecular complexity index is 1940. The summed E-state index contributed by atoms with van der Waals surface area (Å²) in [5, 5.41) is 24.9. The van der Waals surface area contributed by atoms with Gasteiger partial charge in [-0.05, 0) is 64.7 Å². The van der Waals surface area contributed by atoms with Crippen LogP contribution in [0.3, 0.4) is 0 Å². The summed E-state index contributed by atoms with van der Waals surface area (Å²) in [6.07, 6.45) is 4.89. The van der Waals surface area contributed by atoms with Crippen LogP contribution in [0.1, 0.15) is 61.1 Å². The third-order valence-corrected chi connectivity index (χ3v) is 9.87. The molecule has 6 heteroatoms. The number of hydrogen-bond acceptors (Lipinski definition) is 5. The number of allylic oxidation sites excluding steroid dienone is 2. The maximum atomic E-state index is 10.5. The normalized spacial score (nSPS) is 10.5. The molecule has 0 aliphatic rings. The minimum Gasteiger partial charge on any atom is -0.506 e. The van der Waals surface area contributed by atoms with E-state index in [1.165, 1.54) is 11.6 Å². The first-order chi connectivity index (χ1) is 24.9. The molecule has 53 heavy (non-hydrogen) atoms. The van der Waals surface area contributed by atoms with Crippen LogP contribution in [0.2, 0.25) is 0 Å². The molecular weight excluding hydrogens is 766 g/mol. The average molecular weight is 818 g/mol. The standard InChI is InChI=1S/C18H20NOS.C15H18OS.2C7H7.Zr/c1-4-7-16(19)14-8-5-6-9-15(14)18-17(20)13(11-21-18)10-12(2)3;1-10(2)8-12-9-17-15(14(12)16)13-7-5-4-6-11(13)3;2*1-7-5-3-2-4-6-7;/h1,4-9,11-12,20H,10,19H2,2-3H3;4-7,9-10,16H,8H2,1-3H3;2*2-6H,1H2;/q-1;;2*-1;+3/b16-7-;;;;. The zero-order valence-electron chi connectivity index (χ0n) is 31.6. The molecule has 0 saturated heterocycles. The molecule has 4 aromatic carbocycles. The molecule has 6 rings (SSSR count). The largest absolute Gasteiger partial charge is 3.00 e. The number of rotatable bonds is 8. The zero-order chi connectivity index (χ0) is 38.0. The van der Waals surface area contributed by atoms with E-state index in [2.05, 4.69) is 66.0 Å². The number of nitrogens with two attached hydrogens (primary N) is 1. The molecule has 0 aliphatic carbocycles. The summed E-state index contributed by atoms with van der Waals surface area (Å²) in [7, 11) is 0. The van der Waals surface area contributed by atoms with Crippen molar-refractivity contribution in [2.45, 2.75) is 47.5 Å². The number of aromatic hydroxyl groups is 2. The van der Waals surface area contributed by atoms with Crippen molar-refractivity contribution in [1.29, 1.82) is 0 Å². The average Bonchev–Trinajstić information content (AvgIpc) is 3.66.